The van der Waals surface area contributed by atoms with Gasteiger partial charge in [-0.25, -0.2) is 0 Å². The molecule has 3 atom stereocenters. The first-order valence-electron chi connectivity index (χ1n) is 6.54. The van der Waals surface area contributed by atoms with Gasteiger partial charge in [0.15, 0.2) is 0 Å². The van der Waals surface area contributed by atoms with E-state index in [2.05, 4.69) is 4.90 Å². The van der Waals surface area contributed by atoms with Gasteiger partial charge in [0, 0.05) is 23.2 Å². The zero-order valence-corrected chi connectivity index (χ0v) is 11.0. The molecule has 3 nitrogen and oxygen atoms in total. The van der Waals surface area contributed by atoms with Gasteiger partial charge in [0.05, 0.1) is 6.61 Å². The third kappa shape index (κ3) is 2.28. The molecule has 2 aliphatic heterocycles. The van der Waals surface area contributed by atoms with Crippen LogP contribution in [0.4, 0.5) is 0 Å². The zero-order valence-electron chi connectivity index (χ0n) is 10.3. The topological polar surface area (TPSA) is 32.7 Å². The number of nitrogens with zero attached hydrogens (tertiary/aromatic N) is 1. The molecule has 3 rings (SSSR count). The number of hydrogen-bond acceptors (Lipinski definition) is 3. The van der Waals surface area contributed by atoms with Crippen LogP contribution >= 0.6 is 11.6 Å². The van der Waals surface area contributed by atoms with Gasteiger partial charge in [-0.05, 0) is 25.5 Å². The Balaban J connectivity index is 1.73. The Labute approximate surface area is 112 Å². The highest BCUT2D eigenvalue weighted by molar-refractivity contribution is 6.31. The minimum absolute atomic E-state index is 0.167. The Bertz CT molecular complexity index is 426. The molecular weight excluding hydrogens is 250 g/mol. The molecule has 98 valence electrons. The monoisotopic (exact) mass is 267 g/mol. The minimum Gasteiger partial charge on any atom is -0.386 e. The van der Waals surface area contributed by atoms with E-state index in [1.807, 2.05) is 24.3 Å². The highest BCUT2D eigenvalue weighted by atomic mass is 35.5. The zero-order chi connectivity index (χ0) is 12.5. The summed E-state index contributed by atoms with van der Waals surface area (Å²) in [5.41, 5.74) is 0.766. The third-order valence-corrected chi connectivity index (χ3v) is 4.34. The number of morpholine rings is 1. The maximum atomic E-state index is 10.4. The van der Waals surface area contributed by atoms with Crippen LogP contribution in [0.1, 0.15) is 24.5 Å². The molecule has 0 aliphatic carbocycles. The molecule has 2 fully saturated rings. The first-order valence-corrected chi connectivity index (χ1v) is 6.91. The molecular formula is C14H18ClNO2. The number of hydrogen-bond donors (Lipinski definition) is 1. The molecule has 2 saturated heterocycles. The number of aliphatic hydroxyl groups excluding tert-OH is 1. The maximum absolute atomic E-state index is 10.4. The SMILES string of the molecule is OC(c1ccccc1Cl)C1CN2CCCC2CO1. The van der Waals surface area contributed by atoms with E-state index in [0.717, 1.165) is 25.3 Å². The summed E-state index contributed by atoms with van der Waals surface area (Å²) in [6, 6.07) is 8.00. The second-order valence-corrected chi connectivity index (χ2v) is 5.54. The van der Waals surface area contributed by atoms with E-state index in [0.29, 0.717) is 11.1 Å². The second-order valence-electron chi connectivity index (χ2n) is 5.13. The Hall–Kier alpha value is -0.610. The van der Waals surface area contributed by atoms with Crippen molar-refractivity contribution >= 4 is 11.6 Å². The first kappa shape index (κ1) is 12.4. The smallest absolute Gasteiger partial charge is 0.108 e. The fraction of sp³-hybridized carbons (Fsp3) is 0.571. The van der Waals surface area contributed by atoms with Crippen LogP contribution in [0.3, 0.4) is 0 Å². The molecule has 3 unspecified atom stereocenters. The molecule has 1 N–H and O–H groups in total. The van der Waals surface area contributed by atoms with Crippen molar-refractivity contribution in [1.82, 2.24) is 4.90 Å². The van der Waals surface area contributed by atoms with Gasteiger partial charge in [0.2, 0.25) is 0 Å². The fourth-order valence-corrected chi connectivity index (χ4v) is 3.20. The van der Waals surface area contributed by atoms with Crippen molar-refractivity contribution in [3.8, 4) is 0 Å². The van der Waals surface area contributed by atoms with Gasteiger partial charge in [0.1, 0.15) is 12.2 Å². The van der Waals surface area contributed by atoms with E-state index in [1.165, 1.54) is 12.8 Å². The largest absolute Gasteiger partial charge is 0.386 e. The summed E-state index contributed by atoms with van der Waals surface area (Å²) in [4.78, 5) is 2.42. The van der Waals surface area contributed by atoms with Crippen LogP contribution in [0.5, 0.6) is 0 Å². The Morgan fingerprint density at radius 3 is 3.06 bits per heavy atom. The van der Waals surface area contributed by atoms with Gasteiger partial charge in [-0.3, -0.25) is 4.90 Å². The van der Waals surface area contributed by atoms with Gasteiger partial charge < -0.3 is 9.84 Å². The predicted molar refractivity (Wildman–Crippen MR) is 70.7 cm³/mol. The van der Waals surface area contributed by atoms with Crippen molar-refractivity contribution in [2.24, 2.45) is 0 Å². The normalized spacial score (nSPS) is 30.1. The van der Waals surface area contributed by atoms with Crippen molar-refractivity contribution in [2.45, 2.75) is 31.1 Å². The van der Waals surface area contributed by atoms with Gasteiger partial charge in [0.25, 0.3) is 0 Å². The molecule has 2 heterocycles. The summed E-state index contributed by atoms with van der Waals surface area (Å²) in [6.45, 7) is 2.66. The lowest BCUT2D eigenvalue weighted by molar-refractivity contribution is -0.103. The van der Waals surface area contributed by atoms with Crippen molar-refractivity contribution in [3.05, 3.63) is 34.9 Å². The first-order chi connectivity index (χ1) is 8.75. The molecule has 0 bridgehead atoms. The van der Waals surface area contributed by atoms with Gasteiger partial charge >= 0.3 is 0 Å². The average molecular weight is 268 g/mol. The Morgan fingerprint density at radius 1 is 1.39 bits per heavy atom. The number of fused-ring (bicyclic) bond motifs is 1. The number of halogens is 1. The summed E-state index contributed by atoms with van der Waals surface area (Å²) >= 11 is 6.12. The van der Waals surface area contributed by atoms with Crippen LogP contribution in [0, 0.1) is 0 Å². The molecule has 18 heavy (non-hydrogen) atoms. The second kappa shape index (κ2) is 5.17. The Kier molecular flexibility index (Phi) is 3.57. The van der Waals surface area contributed by atoms with Crippen molar-refractivity contribution in [2.75, 3.05) is 19.7 Å². The molecule has 1 aromatic carbocycles. The van der Waals surface area contributed by atoms with E-state index in [4.69, 9.17) is 16.3 Å². The number of rotatable bonds is 2. The fourth-order valence-electron chi connectivity index (χ4n) is 2.95. The quantitative estimate of drug-likeness (QED) is 0.892. The molecule has 1 aromatic rings. The van der Waals surface area contributed by atoms with Crippen LogP contribution in [0.2, 0.25) is 5.02 Å². The molecule has 0 amide bonds. The van der Waals surface area contributed by atoms with Gasteiger partial charge in [-0.2, -0.15) is 0 Å². The summed E-state index contributed by atoms with van der Waals surface area (Å²) in [5, 5.41) is 11.0. The van der Waals surface area contributed by atoms with E-state index < -0.39 is 6.10 Å². The minimum atomic E-state index is -0.639. The summed E-state index contributed by atoms with van der Waals surface area (Å²) in [5.74, 6) is 0. The lowest BCUT2D eigenvalue weighted by atomic mass is 10.0. The van der Waals surface area contributed by atoms with Gasteiger partial charge in [-0.15, -0.1) is 0 Å². The lowest BCUT2D eigenvalue weighted by Gasteiger charge is -2.37. The molecule has 0 spiro atoms. The predicted octanol–water partition coefficient (Wildman–Crippen LogP) is 2.24. The van der Waals surface area contributed by atoms with Crippen LogP contribution < -0.4 is 0 Å². The van der Waals surface area contributed by atoms with Crippen molar-refractivity contribution in [3.63, 3.8) is 0 Å². The lowest BCUT2D eigenvalue weighted by Crippen LogP contribution is -2.48. The Morgan fingerprint density at radius 2 is 2.22 bits per heavy atom. The van der Waals surface area contributed by atoms with Crippen LogP contribution in [0.25, 0.3) is 0 Å². The highest BCUT2D eigenvalue weighted by Gasteiger charge is 2.36. The number of ether oxygens (including phenoxy) is 1. The number of aliphatic hydroxyl groups is 1. The summed E-state index contributed by atoms with van der Waals surface area (Å²) in [7, 11) is 0. The van der Waals surface area contributed by atoms with E-state index >= 15 is 0 Å². The van der Waals surface area contributed by atoms with E-state index in [1.54, 1.807) is 0 Å². The van der Waals surface area contributed by atoms with Crippen LogP contribution in [0.15, 0.2) is 24.3 Å². The standard InChI is InChI=1S/C14H18ClNO2/c15-12-6-2-1-5-11(12)14(17)13-8-16-7-3-4-10(16)9-18-13/h1-2,5-6,10,13-14,17H,3-4,7-9H2. The van der Waals surface area contributed by atoms with Crippen LogP contribution in [-0.4, -0.2) is 41.8 Å². The van der Waals surface area contributed by atoms with E-state index in [9.17, 15) is 5.11 Å². The van der Waals surface area contributed by atoms with Crippen LogP contribution in [-0.2, 0) is 4.74 Å². The molecule has 4 heteroatoms. The molecule has 0 saturated carbocycles. The summed E-state index contributed by atoms with van der Waals surface area (Å²) in [6.07, 6.45) is 1.65. The third-order valence-electron chi connectivity index (χ3n) is 3.99. The molecule has 2 aliphatic rings. The molecule has 0 aromatic heterocycles. The number of benzene rings is 1. The summed E-state index contributed by atoms with van der Waals surface area (Å²) < 4.78 is 5.81. The van der Waals surface area contributed by atoms with Crippen molar-refractivity contribution < 1.29 is 9.84 Å². The van der Waals surface area contributed by atoms with Crippen molar-refractivity contribution in [1.29, 1.82) is 0 Å². The maximum Gasteiger partial charge on any atom is 0.108 e. The average Bonchev–Trinajstić information content (AvgIpc) is 2.85. The highest BCUT2D eigenvalue weighted by Crippen LogP contribution is 2.31. The molecule has 0 radical (unpaired) electrons. The van der Waals surface area contributed by atoms with Gasteiger partial charge in [-0.1, -0.05) is 29.8 Å². The van der Waals surface area contributed by atoms with E-state index in [-0.39, 0.29) is 6.10 Å².